The van der Waals surface area contributed by atoms with Crippen molar-refractivity contribution in [2.45, 2.75) is 53.4 Å². The lowest BCUT2D eigenvalue weighted by atomic mass is 9.82. The second-order valence-electron chi connectivity index (χ2n) is 11.9. The Morgan fingerprint density at radius 1 is 0.773 bits per heavy atom. The van der Waals surface area contributed by atoms with E-state index in [0.29, 0.717) is 5.92 Å². The zero-order valence-electron chi connectivity index (χ0n) is 27.1. The van der Waals surface area contributed by atoms with E-state index in [1.54, 1.807) is 0 Å². The molecule has 0 saturated carbocycles. The lowest BCUT2D eigenvalue weighted by Gasteiger charge is -2.29. The predicted octanol–water partition coefficient (Wildman–Crippen LogP) is 12.6. The third-order valence-electron chi connectivity index (χ3n) is 8.71. The quantitative estimate of drug-likeness (QED) is 0.221. The van der Waals surface area contributed by atoms with Gasteiger partial charge in [0, 0.05) is 22.5 Å². The van der Waals surface area contributed by atoms with Crippen LogP contribution in [0.3, 0.4) is 0 Å². The largest absolute Gasteiger partial charge is 0.310 e. The summed E-state index contributed by atoms with van der Waals surface area (Å²) in [6.45, 7) is 17.1. The molecule has 6 rings (SSSR count). The second kappa shape index (κ2) is 13.3. The second-order valence-corrected chi connectivity index (χ2v) is 11.9. The van der Waals surface area contributed by atoms with Crippen molar-refractivity contribution in [1.82, 2.24) is 0 Å². The van der Waals surface area contributed by atoms with Gasteiger partial charge in [-0.25, -0.2) is 0 Å². The molecule has 1 heteroatoms. The highest BCUT2D eigenvalue weighted by molar-refractivity contribution is 5.92. The van der Waals surface area contributed by atoms with E-state index in [1.165, 1.54) is 44.5 Å². The van der Waals surface area contributed by atoms with Crippen LogP contribution < -0.4 is 4.90 Å². The van der Waals surface area contributed by atoms with Crippen LogP contribution in [0.1, 0.15) is 64.7 Å². The maximum absolute atomic E-state index is 4.00. The van der Waals surface area contributed by atoms with Crippen LogP contribution in [0.2, 0.25) is 0 Å². The molecule has 0 saturated heterocycles. The zero-order chi connectivity index (χ0) is 31.3. The third kappa shape index (κ3) is 5.92. The van der Waals surface area contributed by atoms with Crippen LogP contribution >= 0.6 is 0 Å². The van der Waals surface area contributed by atoms with E-state index >= 15 is 0 Å². The number of allylic oxidation sites excluding steroid dienone is 9. The van der Waals surface area contributed by atoms with Crippen molar-refractivity contribution < 1.29 is 0 Å². The average molecular weight is 576 g/mol. The van der Waals surface area contributed by atoms with Crippen LogP contribution in [-0.4, -0.2) is 0 Å². The lowest BCUT2D eigenvalue weighted by Crippen LogP contribution is -2.16. The van der Waals surface area contributed by atoms with E-state index < -0.39 is 0 Å². The number of para-hydroxylation sites is 1. The number of benzene rings is 4. The van der Waals surface area contributed by atoms with Crippen molar-refractivity contribution in [3.05, 3.63) is 162 Å². The molecule has 2 aliphatic carbocycles. The molecule has 0 amide bonds. The van der Waals surface area contributed by atoms with E-state index in [1.807, 2.05) is 19.9 Å². The molecule has 0 spiro atoms. The topological polar surface area (TPSA) is 3.24 Å². The Labute approximate surface area is 265 Å². The molecular formula is C43H45N. The van der Waals surface area contributed by atoms with E-state index in [-0.39, 0.29) is 5.41 Å². The summed E-state index contributed by atoms with van der Waals surface area (Å²) in [4.78, 5) is 2.41. The highest BCUT2D eigenvalue weighted by atomic mass is 15.1. The van der Waals surface area contributed by atoms with Gasteiger partial charge in [0.2, 0.25) is 0 Å². The van der Waals surface area contributed by atoms with Gasteiger partial charge in [-0.1, -0.05) is 132 Å². The van der Waals surface area contributed by atoms with Crippen molar-refractivity contribution in [3.8, 4) is 11.1 Å². The molecule has 0 fully saturated rings. The first-order valence-corrected chi connectivity index (χ1v) is 16.0. The predicted molar refractivity (Wildman–Crippen MR) is 194 cm³/mol. The van der Waals surface area contributed by atoms with Crippen molar-refractivity contribution in [2.75, 3.05) is 4.90 Å². The standard InChI is InChI=1S/C41H39N.C2H6/c1-6-14-37-38-24-23-35(28-40(38)41(4,5)39(37)7-2)42(34-17-12-9-13-18-34)36-26-32(30-15-10-8-11-16-30)25-33(27-36)31-21-19-29(3)20-22-31;1-2/h6-19,21-29H,1,20H2,2-5H3;1-2H3/b37-14-,39-7+;. The maximum Gasteiger partial charge on any atom is 0.0473 e. The number of anilines is 3. The molecular weight excluding hydrogens is 530 g/mol. The van der Waals surface area contributed by atoms with Gasteiger partial charge in [0.15, 0.2) is 0 Å². The van der Waals surface area contributed by atoms with Crippen LogP contribution in [0.5, 0.6) is 0 Å². The fraction of sp³-hybridized carbons (Fsp3) is 0.209. The molecule has 1 atom stereocenters. The molecule has 2 aliphatic rings. The van der Waals surface area contributed by atoms with Crippen LogP contribution in [-0.2, 0) is 5.41 Å². The van der Waals surface area contributed by atoms with Crippen LogP contribution in [0, 0.1) is 5.92 Å². The van der Waals surface area contributed by atoms with E-state index in [4.69, 9.17) is 0 Å². The Morgan fingerprint density at radius 3 is 2.09 bits per heavy atom. The fourth-order valence-electron chi connectivity index (χ4n) is 6.53. The van der Waals surface area contributed by atoms with Crippen molar-refractivity contribution in [3.63, 3.8) is 0 Å². The van der Waals surface area contributed by atoms with Gasteiger partial charge in [0.25, 0.3) is 0 Å². The summed E-state index contributed by atoms with van der Waals surface area (Å²) < 4.78 is 0. The zero-order valence-corrected chi connectivity index (χ0v) is 27.1. The number of hydrogen-bond acceptors (Lipinski definition) is 1. The first-order chi connectivity index (χ1) is 21.4. The maximum atomic E-state index is 4.00. The van der Waals surface area contributed by atoms with E-state index in [9.17, 15) is 0 Å². The highest BCUT2D eigenvalue weighted by Crippen LogP contribution is 2.51. The van der Waals surface area contributed by atoms with Gasteiger partial charge in [0.05, 0.1) is 0 Å². The molecule has 0 radical (unpaired) electrons. The normalized spacial score (nSPS) is 18.3. The summed E-state index contributed by atoms with van der Waals surface area (Å²) in [5, 5.41) is 0. The minimum absolute atomic E-state index is 0.108. The number of fused-ring (bicyclic) bond motifs is 1. The first-order valence-electron chi connectivity index (χ1n) is 16.0. The minimum Gasteiger partial charge on any atom is -0.310 e. The van der Waals surface area contributed by atoms with Gasteiger partial charge in [-0.3, -0.25) is 0 Å². The minimum atomic E-state index is -0.108. The smallest absolute Gasteiger partial charge is 0.0473 e. The van der Waals surface area contributed by atoms with Gasteiger partial charge in [-0.15, -0.1) is 0 Å². The van der Waals surface area contributed by atoms with Gasteiger partial charge in [-0.2, -0.15) is 0 Å². The molecule has 4 aromatic carbocycles. The average Bonchev–Trinajstić information content (AvgIpc) is 3.28. The summed E-state index contributed by atoms with van der Waals surface area (Å²) >= 11 is 0. The van der Waals surface area contributed by atoms with Gasteiger partial charge < -0.3 is 4.90 Å². The summed E-state index contributed by atoms with van der Waals surface area (Å²) in [6, 6.07) is 35.4. The number of nitrogens with zero attached hydrogens (tertiary/aromatic N) is 1. The summed E-state index contributed by atoms with van der Waals surface area (Å²) in [6.07, 6.45) is 14.4. The first kappa shape index (κ1) is 30.8. The van der Waals surface area contributed by atoms with Crippen molar-refractivity contribution in [2.24, 2.45) is 5.92 Å². The van der Waals surface area contributed by atoms with Crippen molar-refractivity contribution in [1.29, 1.82) is 0 Å². The molecule has 1 unspecified atom stereocenters. The molecule has 0 bridgehead atoms. The van der Waals surface area contributed by atoms with Crippen LogP contribution in [0.4, 0.5) is 17.1 Å². The summed E-state index contributed by atoms with van der Waals surface area (Å²) in [7, 11) is 0. The van der Waals surface area contributed by atoms with Crippen LogP contribution in [0.25, 0.3) is 22.3 Å². The lowest BCUT2D eigenvalue weighted by molar-refractivity contribution is 0.659. The SMILES string of the molecule is C=C/C=C1\C(=C/C)C(C)(C)c2cc(N(c3ccccc3)c3cc(C4=CCC(C)C=C4)cc(-c4ccccc4)c3)ccc21.CC. The monoisotopic (exact) mass is 575 g/mol. The summed E-state index contributed by atoms with van der Waals surface area (Å²) in [5.74, 6) is 0.572. The van der Waals surface area contributed by atoms with Gasteiger partial charge in [-0.05, 0) is 106 Å². The molecule has 0 aliphatic heterocycles. The van der Waals surface area contributed by atoms with E-state index in [2.05, 4.69) is 167 Å². The molecule has 222 valence electrons. The Bertz CT molecular complexity index is 1750. The van der Waals surface area contributed by atoms with Crippen molar-refractivity contribution >= 4 is 28.2 Å². The molecule has 4 aromatic rings. The van der Waals surface area contributed by atoms with E-state index in [0.717, 1.165) is 23.5 Å². The number of hydrogen-bond donors (Lipinski definition) is 0. The highest BCUT2D eigenvalue weighted by Gasteiger charge is 2.38. The number of rotatable bonds is 6. The third-order valence-corrected chi connectivity index (χ3v) is 8.71. The Morgan fingerprint density at radius 2 is 1.45 bits per heavy atom. The molecule has 0 heterocycles. The molecule has 0 N–H and O–H groups in total. The molecule has 44 heavy (non-hydrogen) atoms. The fourth-order valence-corrected chi connectivity index (χ4v) is 6.53. The molecule has 1 nitrogen and oxygen atoms in total. The Balaban J connectivity index is 0.00000188. The summed E-state index contributed by atoms with van der Waals surface area (Å²) in [5.41, 5.74) is 13.5. The Hall–Kier alpha value is -4.62. The Kier molecular flexibility index (Phi) is 9.35. The van der Waals surface area contributed by atoms with Crippen LogP contribution in [0.15, 0.2) is 146 Å². The van der Waals surface area contributed by atoms with Gasteiger partial charge in [0.1, 0.15) is 0 Å². The molecule has 0 aromatic heterocycles. The van der Waals surface area contributed by atoms with Gasteiger partial charge >= 0.3 is 0 Å².